The van der Waals surface area contributed by atoms with Gasteiger partial charge in [0.1, 0.15) is 0 Å². The zero-order valence-corrected chi connectivity index (χ0v) is 11.3. The molecule has 0 saturated carbocycles. The van der Waals surface area contributed by atoms with Crippen molar-refractivity contribution in [1.82, 2.24) is 0 Å². The fourth-order valence-electron chi connectivity index (χ4n) is 1.37. The number of nitrogens with zero attached hydrogens (tertiary/aromatic N) is 1. The van der Waals surface area contributed by atoms with Crippen molar-refractivity contribution in [1.29, 1.82) is 5.26 Å². The van der Waals surface area contributed by atoms with Crippen LogP contribution in [0.4, 0.5) is 0 Å². The molecule has 0 aliphatic heterocycles. The lowest BCUT2D eigenvalue weighted by atomic mass is 10.2. The van der Waals surface area contributed by atoms with E-state index < -0.39 is 22.0 Å². The van der Waals surface area contributed by atoms with Crippen molar-refractivity contribution in [3.63, 3.8) is 0 Å². The van der Waals surface area contributed by atoms with Crippen LogP contribution >= 0.6 is 11.6 Å². The van der Waals surface area contributed by atoms with Crippen LogP contribution in [0.2, 0.25) is 5.02 Å². The number of hydrogen-bond acceptors (Lipinski definition) is 3. The van der Waals surface area contributed by atoms with Crippen LogP contribution in [0.5, 0.6) is 0 Å². The first-order chi connectivity index (χ1) is 8.43. The Balaban J connectivity index is 2.76. The van der Waals surface area contributed by atoms with Gasteiger partial charge in [-0.3, -0.25) is 9.00 Å². The van der Waals surface area contributed by atoms with Crippen molar-refractivity contribution in [2.45, 2.75) is 24.3 Å². The molecule has 2 atom stereocenters. The topological polar surface area (TPSA) is 78.2 Å². The summed E-state index contributed by atoms with van der Waals surface area (Å²) in [4.78, 5) is 10.5. The smallest absolute Gasteiger partial charge is 0.304 e. The number of nitriles is 1. The van der Waals surface area contributed by atoms with E-state index >= 15 is 0 Å². The molecule has 0 heterocycles. The maximum absolute atomic E-state index is 11.9. The van der Waals surface area contributed by atoms with Gasteiger partial charge in [0.15, 0.2) is 0 Å². The SMILES string of the molecule is CC(CC(=O)O)S(=O)Cc1ccc(C#N)cc1Cl. The highest BCUT2D eigenvalue weighted by Crippen LogP contribution is 2.20. The first-order valence-corrected chi connectivity index (χ1v) is 6.97. The summed E-state index contributed by atoms with van der Waals surface area (Å²) >= 11 is 5.96. The van der Waals surface area contributed by atoms with Crippen molar-refractivity contribution in [3.8, 4) is 6.07 Å². The van der Waals surface area contributed by atoms with E-state index in [0.717, 1.165) is 0 Å². The second-order valence-electron chi connectivity index (χ2n) is 3.85. The van der Waals surface area contributed by atoms with Crippen LogP contribution in [-0.2, 0) is 21.3 Å². The molecule has 0 aliphatic rings. The van der Waals surface area contributed by atoms with Crippen LogP contribution in [0.1, 0.15) is 24.5 Å². The lowest BCUT2D eigenvalue weighted by Crippen LogP contribution is -2.17. The third kappa shape index (κ3) is 4.13. The highest BCUT2D eigenvalue weighted by Gasteiger charge is 2.16. The summed E-state index contributed by atoms with van der Waals surface area (Å²) in [6.45, 7) is 1.63. The molecule has 2 unspecified atom stereocenters. The molecule has 96 valence electrons. The molecule has 1 aromatic carbocycles. The van der Waals surface area contributed by atoms with Crippen LogP contribution in [0.3, 0.4) is 0 Å². The number of carboxylic acids is 1. The number of carbonyl (C=O) groups is 1. The molecule has 18 heavy (non-hydrogen) atoms. The summed E-state index contributed by atoms with van der Waals surface area (Å²) < 4.78 is 11.9. The van der Waals surface area contributed by atoms with Gasteiger partial charge in [-0.2, -0.15) is 5.26 Å². The van der Waals surface area contributed by atoms with Crippen LogP contribution in [-0.4, -0.2) is 20.5 Å². The number of carboxylic acid groups (broad SMARTS) is 1. The summed E-state index contributed by atoms with van der Waals surface area (Å²) in [5.41, 5.74) is 1.10. The van der Waals surface area contributed by atoms with E-state index in [0.29, 0.717) is 16.1 Å². The Bertz CT molecular complexity index is 525. The molecule has 0 radical (unpaired) electrons. The van der Waals surface area contributed by atoms with E-state index in [9.17, 15) is 9.00 Å². The predicted octanol–water partition coefficient (Wildman–Crippen LogP) is 2.32. The van der Waals surface area contributed by atoms with Crippen LogP contribution in [0, 0.1) is 11.3 Å². The van der Waals surface area contributed by atoms with Crippen molar-refractivity contribution in [3.05, 3.63) is 34.3 Å². The maximum Gasteiger partial charge on any atom is 0.304 e. The molecule has 0 bridgehead atoms. The van der Waals surface area contributed by atoms with E-state index in [2.05, 4.69) is 0 Å². The first-order valence-electron chi connectivity index (χ1n) is 5.21. The van der Waals surface area contributed by atoms with Gasteiger partial charge in [-0.1, -0.05) is 24.6 Å². The molecule has 0 fully saturated rings. The monoisotopic (exact) mass is 285 g/mol. The lowest BCUT2D eigenvalue weighted by molar-refractivity contribution is -0.136. The van der Waals surface area contributed by atoms with Crippen LogP contribution in [0.25, 0.3) is 0 Å². The Hall–Kier alpha value is -1.38. The van der Waals surface area contributed by atoms with Crippen LogP contribution in [0.15, 0.2) is 18.2 Å². The Morgan fingerprint density at radius 3 is 2.78 bits per heavy atom. The number of hydrogen-bond donors (Lipinski definition) is 1. The molecule has 6 heteroatoms. The summed E-state index contributed by atoms with van der Waals surface area (Å²) in [6, 6.07) is 6.71. The largest absolute Gasteiger partial charge is 0.481 e. The minimum Gasteiger partial charge on any atom is -0.481 e. The number of aliphatic carboxylic acids is 1. The highest BCUT2D eigenvalue weighted by atomic mass is 35.5. The molecular formula is C12H12ClNO3S. The van der Waals surface area contributed by atoms with Crippen LogP contribution < -0.4 is 0 Å². The van der Waals surface area contributed by atoms with E-state index in [-0.39, 0.29) is 12.2 Å². The number of halogens is 1. The molecule has 1 aromatic rings. The van der Waals surface area contributed by atoms with Gasteiger partial charge >= 0.3 is 5.97 Å². The van der Waals surface area contributed by atoms with Gasteiger partial charge in [0.25, 0.3) is 0 Å². The fourth-order valence-corrected chi connectivity index (χ4v) is 2.87. The minimum atomic E-state index is -1.30. The van der Waals surface area contributed by atoms with E-state index in [1.807, 2.05) is 6.07 Å². The number of benzene rings is 1. The van der Waals surface area contributed by atoms with Crippen molar-refractivity contribution < 1.29 is 14.1 Å². The summed E-state index contributed by atoms with van der Waals surface area (Å²) in [6.07, 6.45) is -0.138. The zero-order valence-electron chi connectivity index (χ0n) is 9.72. The summed E-state index contributed by atoms with van der Waals surface area (Å²) in [5.74, 6) is -0.777. The molecule has 0 aromatic heterocycles. The second kappa shape index (κ2) is 6.53. The Kier molecular flexibility index (Phi) is 5.32. The lowest BCUT2D eigenvalue weighted by Gasteiger charge is -2.10. The average Bonchev–Trinajstić information content (AvgIpc) is 2.30. The standard InChI is InChI=1S/C12H12ClNO3S/c1-8(4-12(15)16)18(17)7-10-3-2-9(6-14)5-11(10)13/h2-3,5,8H,4,7H2,1H3,(H,15,16). The molecule has 0 amide bonds. The van der Waals surface area contributed by atoms with Gasteiger partial charge in [0.2, 0.25) is 0 Å². The Morgan fingerprint density at radius 2 is 2.28 bits per heavy atom. The molecular weight excluding hydrogens is 274 g/mol. The molecule has 1 N–H and O–H groups in total. The second-order valence-corrected chi connectivity index (χ2v) is 6.11. The molecule has 4 nitrogen and oxygen atoms in total. The first kappa shape index (κ1) is 14.7. The molecule has 0 aliphatic carbocycles. The van der Waals surface area contributed by atoms with Crippen molar-refractivity contribution in [2.75, 3.05) is 0 Å². The van der Waals surface area contributed by atoms with E-state index in [4.69, 9.17) is 22.0 Å². The average molecular weight is 286 g/mol. The Labute approximate surface area is 113 Å². The molecule has 0 spiro atoms. The highest BCUT2D eigenvalue weighted by molar-refractivity contribution is 7.84. The predicted molar refractivity (Wildman–Crippen MR) is 69.7 cm³/mol. The van der Waals surface area contributed by atoms with E-state index in [1.54, 1.807) is 19.1 Å². The van der Waals surface area contributed by atoms with Gasteiger partial charge in [-0.15, -0.1) is 0 Å². The van der Waals surface area contributed by atoms with Gasteiger partial charge in [0, 0.05) is 21.1 Å². The third-order valence-corrected chi connectivity index (χ3v) is 4.40. The van der Waals surface area contributed by atoms with Crippen molar-refractivity contribution >= 4 is 28.4 Å². The third-order valence-electron chi connectivity index (χ3n) is 2.39. The Morgan fingerprint density at radius 1 is 1.61 bits per heavy atom. The van der Waals surface area contributed by atoms with Gasteiger partial charge < -0.3 is 5.11 Å². The summed E-state index contributed by atoms with van der Waals surface area (Å²) in [5, 5.41) is 17.3. The minimum absolute atomic E-state index is 0.138. The molecule has 0 saturated heterocycles. The summed E-state index contributed by atoms with van der Waals surface area (Å²) in [7, 11) is -1.30. The molecule has 1 rings (SSSR count). The normalized spacial score (nSPS) is 13.6. The van der Waals surface area contributed by atoms with E-state index in [1.165, 1.54) is 6.07 Å². The van der Waals surface area contributed by atoms with Gasteiger partial charge in [-0.05, 0) is 17.7 Å². The zero-order chi connectivity index (χ0) is 13.7. The van der Waals surface area contributed by atoms with Gasteiger partial charge in [0.05, 0.1) is 23.8 Å². The van der Waals surface area contributed by atoms with Crippen molar-refractivity contribution in [2.24, 2.45) is 0 Å². The van der Waals surface area contributed by atoms with Gasteiger partial charge in [-0.25, -0.2) is 0 Å². The quantitative estimate of drug-likeness (QED) is 0.900. The number of rotatable bonds is 5. The maximum atomic E-state index is 11.9. The fraction of sp³-hybridized carbons (Fsp3) is 0.333.